The second-order valence-electron chi connectivity index (χ2n) is 4.26. The monoisotopic (exact) mass is 197 g/mol. The van der Waals surface area contributed by atoms with Gasteiger partial charge in [0.2, 0.25) is 0 Å². The highest BCUT2D eigenvalue weighted by atomic mass is 16.4. The minimum atomic E-state index is -0.944. The van der Waals surface area contributed by atoms with Crippen LogP contribution in [0.5, 0.6) is 0 Å². The van der Waals surface area contributed by atoms with Crippen LogP contribution in [0.3, 0.4) is 0 Å². The fraction of sp³-hybridized carbons (Fsp3) is 0.556. The summed E-state index contributed by atoms with van der Waals surface area (Å²) in [6.07, 6.45) is 0. The van der Waals surface area contributed by atoms with E-state index < -0.39 is 5.97 Å². The van der Waals surface area contributed by atoms with Crippen LogP contribution >= 0.6 is 0 Å². The Hall–Kier alpha value is -1.52. The van der Waals surface area contributed by atoms with Crippen molar-refractivity contribution in [2.75, 3.05) is 5.73 Å². The van der Waals surface area contributed by atoms with Crippen LogP contribution in [0.25, 0.3) is 0 Å². The summed E-state index contributed by atoms with van der Waals surface area (Å²) < 4.78 is 1.29. The number of nitrogens with zero attached hydrogens (tertiary/aromatic N) is 2. The average Bonchev–Trinajstić information content (AvgIpc) is 2.30. The van der Waals surface area contributed by atoms with Crippen molar-refractivity contribution in [1.29, 1.82) is 0 Å². The van der Waals surface area contributed by atoms with Crippen molar-refractivity contribution in [1.82, 2.24) is 9.78 Å². The normalized spacial score (nSPS) is 11.6. The van der Waals surface area contributed by atoms with Crippen molar-refractivity contribution in [2.45, 2.75) is 32.7 Å². The van der Waals surface area contributed by atoms with Crippen LogP contribution in [0, 0.1) is 0 Å². The summed E-state index contributed by atoms with van der Waals surface area (Å²) in [6.45, 7) is 5.81. The fourth-order valence-electron chi connectivity index (χ4n) is 1.05. The van der Waals surface area contributed by atoms with Crippen LogP contribution < -0.4 is 5.73 Å². The van der Waals surface area contributed by atoms with E-state index >= 15 is 0 Å². The van der Waals surface area contributed by atoms with Gasteiger partial charge in [0.25, 0.3) is 0 Å². The van der Waals surface area contributed by atoms with Gasteiger partial charge in [-0.05, 0) is 0 Å². The maximum atomic E-state index is 10.5. The number of rotatable bonds is 2. The van der Waals surface area contributed by atoms with Gasteiger partial charge in [-0.25, -0.2) is 4.68 Å². The smallest absolute Gasteiger partial charge is 0.325 e. The molecule has 0 fully saturated rings. The van der Waals surface area contributed by atoms with Gasteiger partial charge in [-0.3, -0.25) is 4.79 Å². The van der Waals surface area contributed by atoms with E-state index in [0.717, 1.165) is 5.69 Å². The van der Waals surface area contributed by atoms with Crippen LogP contribution in [0.4, 0.5) is 5.82 Å². The number of anilines is 1. The molecule has 5 heteroatoms. The second-order valence-corrected chi connectivity index (χ2v) is 4.26. The third kappa shape index (κ3) is 2.25. The second kappa shape index (κ2) is 3.32. The molecule has 0 atom stereocenters. The van der Waals surface area contributed by atoms with Crippen molar-refractivity contribution in [2.24, 2.45) is 0 Å². The Bertz CT molecular complexity index is 349. The molecule has 14 heavy (non-hydrogen) atoms. The molecule has 0 radical (unpaired) electrons. The number of hydrogen-bond donors (Lipinski definition) is 2. The van der Waals surface area contributed by atoms with E-state index in [1.54, 1.807) is 6.07 Å². The molecule has 5 nitrogen and oxygen atoms in total. The standard InChI is InChI=1S/C9H15N3O2/c1-9(2,3)6-4-7(10)12(11-6)5-8(13)14/h4H,5,10H2,1-3H3,(H,13,14). The average molecular weight is 197 g/mol. The minimum absolute atomic E-state index is 0.113. The summed E-state index contributed by atoms with van der Waals surface area (Å²) in [5.74, 6) is -0.558. The molecule has 0 saturated carbocycles. The molecule has 1 aromatic heterocycles. The Kier molecular flexibility index (Phi) is 2.51. The zero-order chi connectivity index (χ0) is 10.9. The van der Waals surface area contributed by atoms with Crippen LogP contribution in [0.1, 0.15) is 26.5 Å². The largest absolute Gasteiger partial charge is 0.480 e. The number of nitrogen functional groups attached to an aromatic ring is 1. The SMILES string of the molecule is CC(C)(C)c1cc(N)n(CC(=O)O)n1. The van der Waals surface area contributed by atoms with Gasteiger partial charge in [0.1, 0.15) is 12.4 Å². The fourth-order valence-corrected chi connectivity index (χ4v) is 1.05. The number of nitrogens with two attached hydrogens (primary N) is 1. The predicted octanol–water partition coefficient (Wildman–Crippen LogP) is 0.847. The molecule has 0 bridgehead atoms. The lowest BCUT2D eigenvalue weighted by molar-refractivity contribution is -0.137. The van der Waals surface area contributed by atoms with Gasteiger partial charge in [0, 0.05) is 11.5 Å². The first-order valence-corrected chi connectivity index (χ1v) is 4.36. The minimum Gasteiger partial charge on any atom is -0.480 e. The number of carboxylic acids is 1. The van der Waals surface area contributed by atoms with Crippen molar-refractivity contribution in [3.63, 3.8) is 0 Å². The molecule has 1 aromatic rings. The zero-order valence-corrected chi connectivity index (χ0v) is 8.61. The van der Waals surface area contributed by atoms with E-state index in [1.165, 1.54) is 4.68 Å². The van der Waals surface area contributed by atoms with Gasteiger partial charge in [-0.1, -0.05) is 20.8 Å². The molecular weight excluding hydrogens is 182 g/mol. The van der Waals surface area contributed by atoms with Gasteiger partial charge >= 0.3 is 5.97 Å². The number of hydrogen-bond acceptors (Lipinski definition) is 3. The van der Waals surface area contributed by atoms with Gasteiger partial charge in [0.05, 0.1) is 5.69 Å². The number of carboxylic acid groups (broad SMARTS) is 1. The Morgan fingerprint density at radius 3 is 2.57 bits per heavy atom. The summed E-state index contributed by atoms with van der Waals surface area (Å²) in [5, 5.41) is 12.7. The maximum absolute atomic E-state index is 10.5. The molecule has 1 rings (SSSR count). The topological polar surface area (TPSA) is 81.1 Å². The molecule has 0 unspecified atom stereocenters. The van der Waals surface area contributed by atoms with Crippen molar-refractivity contribution in [3.8, 4) is 0 Å². The van der Waals surface area contributed by atoms with Crippen molar-refractivity contribution < 1.29 is 9.90 Å². The zero-order valence-electron chi connectivity index (χ0n) is 8.61. The van der Waals surface area contributed by atoms with Gasteiger partial charge in [-0.2, -0.15) is 5.10 Å². The van der Waals surface area contributed by atoms with Gasteiger partial charge in [-0.15, -0.1) is 0 Å². The predicted molar refractivity (Wildman–Crippen MR) is 53.0 cm³/mol. The van der Waals surface area contributed by atoms with Gasteiger partial charge < -0.3 is 10.8 Å². The van der Waals surface area contributed by atoms with E-state index in [1.807, 2.05) is 20.8 Å². The Balaban J connectivity index is 2.99. The van der Waals surface area contributed by atoms with E-state index in [2.05, 4.69) is 5.10 Å². The van der Waals surface area contributed by atoms with Crippen LogP contribution in [-0.2, 0) is 16.8 Å². The highest BCUT2D eigenvalue weighted by molar-refractivity contribution is 5.67. The third-order valence-electron chi connectivity index (χ3n) is 1.86. The Morgan fingerprint density at radius 2 is 2.21 bits per heavy atom. The lowest BCUT2D eigenvalue weighted by Gasteiger charge is -2.13. The van der Waals surface area contributed by atoms with E-state index in [0.29, 0.717) is 5.82 Å². The molecule has 1 heterocycles. The Morgan fingerprint density at radius 1 is 1.64 bits per heavy atom. The third-order valence-corrected chi connectivity index (χ3v) is 1.86. The van der Waals surface area contributed by atoms with Crippen LogP contribution in [0.15, 0.2) is 6.07 Å². The summed E-state index contributed by atoms with van der Waals surface area (Å²) in [7, 11) is 0. The Labute approximate surface area is 82.5 Å². The summed E-state index contributed by atoms with van der Waals surface area (Å²) in [6, 6.07) is 1.71. The molecule has 0 amide bonds. The highest BCUT2D eigenvalue weighted by Crippen LogP contribution is 2.22. The number of aromatic nitrogens is 2. The molecule has 0 aliphatic rings. The van der Waals surface area contributed by atoms with E-state index in [-0.39, 0.29) is 12.0 Å². The van der Waals surface area contributed by atoms with Crippen LogP contribution in [-0.4, -0.2) is 20.9 Å². The first kappa shape index (κ1) is 10.6. The maximum Gasteiger partial charge on any atom is 0.325 e. The summed E-state index contributed by atoms with van der Waals surface area (Å²) >= 11 is 0. The molecule has 0 saturated heterocycles. The highest BCUT2D eigenvalue weighted by Gasteiger charge is 2.19. The lowest BCUT2D eigenvalue weighted by Crippen LogP contribution is -2.15. The van der Waals surface area contributed by atoms with Crippen molar-refractivity contribution >= 4 is 11.8 Å². The number of aliphatic carboxylic acids is 1. The molecule has 0 aliphatic heterocycles. The molecule has 78 valence electrons. The van der Waals surface area contributed by atoms with E-state index in [9.17, 15) is 4.79 Å². The number of carbonyl (C=O) groups is 1. The molecule has 0 aliphatic carbocycles. The van der Waals surface area contributed by atoms with Gasteiger partial charge in [0.15, 0.2) is 0 Å². The quantitative estimate of drug-likeness (QED) is 0.736. The van der Waals surface area contributed by atoms with Crippen LogP contribution in [0.2, 0.25) is 0 Å². The summed E-state index contributed by atoms with van der Waals surface area (Å²) in [5.41, 5.74) is 6.31. The van der Waals surface area contributed by atoms with Crippen molar-refractivity contribution in [3.05, 3.63) is 11.8 Å². The molecule has 3 N–H and O–H groups in total. The molecular formula is C9H15N3O2. The lowest BCUT2D eigenvalue weighted by atomic mass is 9.92. The molecule has 0 spiro atoms. The first-order chi connectivity index (χ1) is 6.30. The summed E-state index contributed by atoms with van der Waals surface area (Å²) in [4.78, 5) is 10.5. The molecule has 0 aromatic carbocycles. The van der Waals surface area contributed by atoms with E-state index in [4.69, 9.17) is 10.8 Å². The first-order valence-electron chi connectivity index (χ1n) is 4.36.